The predicted octanol–water partition coefficient (Wildman–Crippen LogP) is 3.33. The first kappa shape index (κ1) is 17.2. The van der Waals surface area contributed by atoms with E-state index in [1.807, 2.05) is 24.1 Å². The van der Waals surface area contributed by atoms with Gasteiger partial charge in [0.2, 0.25) is 5.91 Å². The number of carbonyl (C=O) groups excluding carboxylic acids is 1. The van der Waals surface area contributed by atoms with Gasteiger partial charge in [0.15, 0.2) is 0 Å². The number of aryl methyl sites for hydroxylation is 2. The first-order valence-corrected chi connectivity index (χ1v) is 8.70. The molecule has 4 heteroatoms. The number of fused-ring (bicyclic) bond motifs is 1. The second kappa shape index (κ2) is 7.51. The number of amides is 1. The third-order valence-corrected chi connectivity index (χ3v) is 5.12. The summed E-state index contributed by atoms with van der Waals surface area (Å²) < 4.78 is 0. The minimum atomic E-state index is -0.944. The number of rotatable bonds is 5. The average Bonchev–Trinajstić information content (AvgIpc) is 2.65. The van der Waals surface area contributed by atoms with E-state index in [1.165, 1.54) is 11.1 Å². The number of benzene rings is 2. The van der Waals surface area contributed by atoms with Gasteiger partial charge in [-0.3, -0.25) is 4.79 Å². The van der Waals surface area contributed by atoms with Gasteiger partial charge >= 0.3 is 5.97 Å². The lowest BCUT2D eigenvalue weighted by atomic mass is 9.87. The number of likely N-dealkylation sites (N-methyl/N-ethyl adjacent to an activating group) is 1. The molecule has 0 heterocycles. The molecule has 0 radical (unpaired) electrons. The molecule has 1 N–H and O–H groups in total. The molecule has 1 atom stereocenters. The number of hydrogen-bond donors (Lipinski definition) is 1. The fraction of sp³-hybridized carbons (Fsp3) is 0.333. The molecule has 2 aromatic carbocycles. The number of nitrogens with zero attached hydrogens (tertiary/aromatic N) is 1. The molecular weight excluding hydrogens is 314 g/mol. The van der Waals surface area contributed by atoms with E-state index < -0.39 is 5.97 Å². The molecule has 0 fully saturated rings. The Kier molecular flexibility index (Phi) is 5.17. The number of carboxylic acids is 1. The van der Waals surface area contributed by atoms with Gasteiger partial charge < -0.3 is 10.0 Å². The summed E-state index contributed by atoms with van der Waals surface area (Å²) in [5.41, 5.74) is 3.71. The van der Waals surface area contributed by atoms with Crippen molar-refractivity contribution in [3.8, 4) is 0 Å². The van der Waals surface area contributed by atoms with Gasteiger partial charge in [-0.15, -0.1) is 0 Å². The minimum absolute atomic E-state index is 0.0737. The normalized spacial score (nSPS) is 16.1. The van der Waals surface area contributed by atoms with Gasteiger partial charge in [0.1, 0.15) is 0 Å². The highest BCUT2D eigenvalue weighted by Crippen LogP contribution is 2.24. The van der Waals surface area contributed by atoms with Crippen molar-refractivity contribution in [2.75, 3.05) is 7.05 Å². The molecule has 0 saturated heterocycles. The summed E-state index contributed by atoms with van der Waals surface area (Å²) in [6.45, 7) is 0. The minimum Gasteiger partial charge on any atom is -0.478 e. The van der Waals surface area contributed by atoms with E-state index in [0.717, 1.165) is 19.3 Å². The Balaban J connectivity index is 1.62. The zero-order chi connectivity index (χ0) is 17.8. The van der Waals surface area contributed by atoms with E-state index in [-0.39, 0.29) is 17.5 Å². The lowest BCUT2D eigenvalue weighted by Crippen LogP contribution is -2.40. The first-order chi connectivity index (χ1) is 12.1. The summed E-state index contributed by atoms with van der Waals surface area (Å²) in [6, 6.07) is 15.5. The van der Waals surface area contributed by atoms with Crippen LogP contribution in [0.1, 0.15) is 39.9 Å². The number of carbonyl (C=O) groups is 2. The SMILES string of the molecule is CN(C(=O)CCc1ccccc1C(=O)O)C1CCc2ccccc2C1. The molecule has 1 amide bonds. The summed E-state index contributed by atoms with van der Waals surface area (Å²) in [7, 11) is 1.87. The number of aromatic carboxylic acids is 1. The number of carboxylic acid groups (broad SMARTS) is 1. The summed E-state index contributed by atoms with van der Waals surface area (Å²) in [6.07, 6.45) is 3.66. The van der Waals surface area contributed by atoms with E-state index in [1.54, 1.807) is 18.2 Å². The van der Waals surface area contributed by atoms with Crippen LogP contribution in [-0.4, -0.2) is 35.0 Å². The molecule has 4 nitrogen and oxygen atoms in total. The fourth-order valence-corrected chi connectivity index (χ4v) is 3.58. The molecule has 1 unspecified atom stereocenters. The van der Waals surface area contributed by atoms with Crippen LogP contribution in [0.5, 0.6) is 0 Å². The molecule has 0 saturated carbocycles. The third-order valence-electron chi connectivity index (χ3n) is 5.12. The van der Waals surface area contributed by atoms with Gasteiger partial charge in [-0.05, 0) is 48.4 Å². The van der Waals surface area contributed by atoms with Gasteiger partial charge in [0.05, 0.1) is 5.56 Å². The van der Waals surface area contributed by atoms with Crippen LogP contribution in [0.25, 0.3) is 0 Å². The highest BCUT2D eigenvalue weighted by atomic mass is 16.4. The lowest BCUT2D eigenvalue weighted by Gasteiger charge is -2.32. The van der Waals surface area contributed by atoms with Crippen LogP contribution in [0.2, 0.25) is 0 Å². The standard InChI is InChI=1S/C21H23NO3/c1-22(18-12-10-15-6-2-3-8-17(15)14-18)20(23)13-11-16-7-4-5-9-19(16)21(24)25/h2-9,18H,10-14H2,1H3,(H,24,25). The van der Waals surface area contributed by atoms with Crippen molar-refractivity contribution in [3.05, 3.63) is 70.8 Å². The summed E-state index contributed by atoms with van der Waals surface area (Å²) in [5.74, 6) is -0.870. The van der Waals surface area contributed by atoms with Crippen LogP contribution < -0.4 is 0 Å². The van der Waals surface area contributed by atoms with Crippen molar-refractivity contribution < 1.29 is 14.7 Å². The van der Waals surface area contributed by atoms with Crippen LogP contribution in [0.15, 0.2) is 48.5 Å². The van der Waals surface area contributed by atoms with E-state index in [0.29, 0.717) is 18.4 Å². The molecule has 0 spiro atoms. The second-order valence-electron chi connectivity index (χ2n) is 6.63. The highest BCUT2D eigenvalue weighted by molar-refractivity contribution is 5.89. The molecule has 0 bridgehead atoms. The zero-order valence-corrected chi connectivity index (χ0v) is 14.4. The van der Waals surface area contributed by atoms with E-state index >= 15 is 0 Å². The summed E-state index contributed by atoms with van der Waals surface area (Å²) in [4.78, 5) is 25.7. The lowest BCUT2D eigenvalue weighted by molar-refractivity contribution is -0.132. The molecule has 25 heavy (non-hydrogen) atoms. The van der Waals surface area contributed by atoms with Gasteiger partial charge in [-0.25, -0.2) is 4.79 Å². The molecule has 0 aromatic heterocycles. The van der Waals surface area contributed by atoms with E-state index in [2.05, 4.69) is 18.2 Å². The van der Waals surface area contributed by atoms with Gasteiger partial charge in [0.25, 0.3) is 0 Å². The topological polar surface area (TPSA) is 57.6 Å². The highest BCUT2D eigenvalue weighted by Gasteiger charge is 2.24. The van der Waals surface area contributed by atoms with Crippen LogP contribution in [0.4, 0.5) is 0 Å². The van der Waals surface area contributed by atoms with Crippen molar-refractivity contribution in [1.82, 2.24) is 4.90 Å². The van der Waals surface area contributed by atoms with Crippen molar-refractivity contribution >= 4 is 11.9 Å². The Morgan fingerprint density at radius 1 is 1.08 bits per heavy atom. The third kappa shape index (κ3) is 3.90. The van der Waals surface area contributed by atoms with Crippen LogP contribution in [0, 0.1) is 0 Å². The van der Waals surface area contributed by atoms with Crippen molar-refractivity contribution in [1.29, 1.82) is 0 Å². The smallest absolute Gasteiger partial charge is 0.335 e. The average molecular weight is 337 g/mol. The summed E-state index contributed by atoms with van der Waals surface area (Å²) >= 11 is 0. The fourth-order valence-electron chi connectivity index (χ4n) is 3.58. The summed E-state index contributed by atoms with van der Waals surface area (Å²) in [5, 5.41) is 9.24. The van der Waals surface area contributed by atoms with Gasteiger partial charge in [0, 0.05) is 19.5 Å². The van der Waals surface area contributed by atoms with Crippen molar-refractivity contribution in [2.45, 2.75) is 38.1 Å². The van der Waals surface area contributed by atoms with Crippen LogP contribution in [0.3, 0.4) is 0 Å². The molecule has 0 aliphatic heterocycles. The van der Waals surface area contributed by atoms with E-state index in [4.69, 9.17) is 0 Å². The monoisotopic (exact) mass is 337 g/mol. The number of hydrogen-bond acceptors (Lipinski definition) is 2. The van der Waals surface area contributed by atoms with Gasteiger partial charge in [-0.1, -0.05) is 42.5 Å². The van der Waals surface area contributed by atoms with Crippen molar-refractivity contribution in [3.63, 3.8) is 0 Å². The maximum absolute atomic E-state index is 12.6. The molecule has 2 aromatic rings. The molecule has 130 valence electrons. The first-order valence-electron chi connectivity index (χ1n) is 8.70. The molecule has 1 aliphatic carbocycles. The molecular formula is C21H23NO3. The largest absolute Gasteiger partial charge is 0.478 e. The maximum atomic E-state index is 12.6. The molecule has 1 aliphatic rings. The second-order valence-corrected chi connectivity index (χ2v) is 6.63. The van der Waals surface area contributed by atoms with Gasteiger partial charge in [-0.2, -0.15) is 0 Å². The van der Waals surface area contributed by atoms with Crippen LogP contribution >= 0.6 is 0 Å². The van der Waals surface area contributed by atoms with Crippen molar-refractivity contribution in [2.24, 2.45) is 0 Å². The quantitative estimate of drug-likeness (QED) is 0.910. The Morgan fingerprint density at radius 2 is 1.76 bits per heavy atom. The zero-order valence-electron chi connectivity index (χ0n) is 14.4. The van der Waals surface area contributed by atoms with E-state index in [9.17, 15) is 14.7 Å². The Morgan fingerprint density at radius 3 is 2.52 bits per heavy atom. The Bertz CT molecular complexity index is 784. The molecule has 3 rings (SSSR count). The Hall–Kier alpha value is -2.62. The maximum Gasteiger partial charge on any atom is 0.335 e. The van der Waals surface area contributed by atoms with Crippen LogP contribution in [-0.2, 0) is 24.1 Å². The predicted molar refractivity (Wildman–Crippen MR) is 96.7 cm³/mol. The Labute approximate surface area is 148 Å².